The Morgan fingerprint density at radius 2 is 1.88 bits per heavy atom. The Kier molecular flexibility index (Phi) is 6.11. The number of aromatic nitrogens is 4. The Bertz CT molecular complexity index is 1070. The molecule has 3 heterocycles. The Balaban J connectivity index is 1.30. The highest BCUT2D eigenvalue weighted by Crippen LogP contribution is 2.36. The third-order valence-electron chi connectivity index (χ3n) is 5.65. The fourth-order valence-corrected chi connectivity index (χ4v) is 3.85. The molecule has 1 saturated carbocycles. The second kappa shape index (κ2) is 8.97. The fraction of sp³-hybridized carbons (Fsp3) is 0.364. The normalized spacial score (nSPS) is 19.0. The topological polar surface area (TPSA) is 101 Å². The molecule has 3 aromatic heterocycles. The van der Waals surface area contributed by atoms with E-state index in [1.165, 1.54) is 18.3 Å². The minimum absolute atomic E-state index is 0.136. The first-order chi connectivity index (χ1) is 15.3. The van der Waals surface area contributed by atoms with Crippen molar-refractivity contribution in [3.8, 4) is 17.3 Å². The summed E-state index contributed by atoms with van der Waals surface area (Å²) in [6.45, 7) is 0.467. The Morgan fingerprint density at radius 3 is 2.50 bits per heavy atom. The lowest BCUT2D eigenvalue weighted by Gasteiger charge is -2.28. The van der Waals surface area contributed by atoms with Crippen molar-refractivity contribution in [3.05, 3.63) is 59.8 Å². The molecule has 2 N–H and O–H groups in total. The number of pyridine rings is 2. The molecular weight excluding hydrogens is 425 g/mol. The van der Waals surface area contributed by atoms with Crippen molar-refractivity contribution < 1.29 is 27.8 Å². The van der Waals surface area contributed by atoms with Crippen LogP contribution in [0.4, 0.5) is 13.2 Å². The number of halogens is 3. The number of carbonyl (C=O) groups is 1. The minimum atomic E-state index is -4.46. The second-order valence-electron chi connectivity index (χ2n) is 7.83. The highest BCUT2D eigenvalue weighted by molar-refractivity contribution is 5.87. The van der Waals surface area contributed by atoms with Crippen molar-refractivity contribution in [2.45, 2.75) is 37.8 Å². The zero-order valence-electron chi connectivity index (χ0n) is 17.0. The number of hydrogen-bond donors (Lipinski definition) is 2. The van der Waals surface area contributed by atoms with Gasteiger partial charge in [0.05, 0.1) is 18.4 Å². The molecule has 1 aliphatic carbocycles. The first-order valence-electron chi connectivity index (χ1n) is 10.2. The summed E-state index contributed by atoms with van der Waals surface area (Å²) < 4.78 is 43.9. The molecule has 3 aromatic rings. The van der Waals surface area contributed by atoms with E-state index in [1.807, 2.05) is 6.07 Å². The average molecular weight is 446 g/mol. The van der Waals surface area contributed by atoms with Crippen molar-refractivity contribution in [3.63, 3.8) is 0 Å². The molecule has 0 aliphatic heterocycles. The van der Waals surface area contributed by atoms with E-state index in [0.717, 1.165) is 37.6 Å². The van der Waals surface area contributed by atoms with Gasteiger partial charge in [0, 0.05) is 35.6 Å². The number of aromatic carboxylic acids is 1. The standard InChI is InChI=1S/C22H21F3N4O3/c23-22(24,25)18-11-28-20(29-18)16-5-6-17(27-10-16)14-3-1-13(2-4-14)12-32-19-9-15(21(30)31)7-8-26-19/h5-11,13-14H,1-4,12H2,(H,28,29)(H,30,31). The number of hydrogen-bond acceptors (Lipinski definition) is 5. The SMILES string of the molecule is O=C(O)c1ccnc(OCC2CCC(c3ccc(-c4ncc(C(F)(F)F)[nH]4)cn3)CC2)c1. The maximum atomic E-state index is 12.7. The van der Waals surface area contributed by atoms with Crippen molar-refractivity contribution >= 4 is 5.97 Å². The van der Waals surface area contributed by atoms with Gasteiger partial charge in [0.2, 0.25) is 5.88 Å². The van der Waals surface area contributed by atoms with E-state index in [1.54, 1.807) is 12.3 Å². The van der Waals surface area contributed by atoms with Crippen LogP contribution in [0.25, 0.3) is 11.4 Å². The van der Waals surface area contributed by atoms with Gasteiger partial charge in [-0.25, -0.2) is 14.8 Å². The number of carboxylic acid groups (broad SMARTS) is 1. The molecule has 1 aliphatic rings. The minimum Gasteiger partial charge on any atom is -0.478 e. The van der Waals surface area contributed by atoms with Gasteiger partial charge in [0.25, 0.3) is 0 Å². The quantitative estimate of drug-likeness (QED) is 0.556. The molecule has 0 bridgehead atoms. The number of alkyl halides is 3. The predicted octanol–water partition coefficient (Wildman–Crippen LogP) is 4.94. The third-order valence-corrected chi connectivity index (χ3v) is 5.65. The molecule has 7 nitrogen and oxygen atoms in total. The van der Waals surface area contributed by atoms with Gasteiger partial charge in [-0.05, 0) is 49.8 Å². The van der Waals surface area contributed by atoms with Gasteiger partial charge < -0.3 is 14.8 Å². The highest BCUT2D eigenvalue weighted by atomic mass is 19.4. The van der Waals surface area contributed by atoms with E-state index in [4.69, 9.17) is 9.84 Å². The summed E-state index contributed by atoms with van der Waals surface area (Å²) in [6, 6.07) is 6.40. The number of nitrogens with zero attached hydrogens (tertiary/aromatic N) is 3. The monoisotopic (exact) mass is 446 g/mol. The summed E-state index contributed by atoms with van der Waals surface area (Å²) >= 11 is 0. The van der Waals surface area contributed by atoms with Crippen molar-refractivity contribution in [1.82, 2.24) is 19.9 Å². The van der Waals surface area contributed by atoms with Crippen LogP contribution in [0.1, 0.15) is 53.3 Å². The lowest BCUT2D eigenvalue weighted by atomic mass is 9.80. The van der Waals surface area contributed by atoms with Gasteiger partial charge in [-0.3, -0.25) is 4.98 Å². The zero-order valence-corrected chi connectivity index (χ0v) is 17.0. The molecule has 0 unspecified atom stereocenters. The number of nitrogens with one attached hydrogen (secondary N) is 1. The highest BCUT2D eigenvalue weighted by Gasteiger charge is 2.33. The summed E-state index contributed by atoms with van der Waals surface area (Å²) in [6.07, 6.45) is 2.97. The molecule has 4 rings (SSSR count). The molecule has 0 aromatic carbocycles. The van der Waals surface area contributed by atoms with Crippen LogP contribution < -0.4 is 4.74 Å². The van der Waals surface area contributed by atoms with Crippen LogP contribution >= 0.6 is 0 Å². The molecule has 32 heavy (non-hydrogen) atoms. The number of imidazole rings is 1. The van der Waals surface area contributed by atoms with Crippen molar-refractivity contribution in [2.24, 2.45) is 5.92 Å². The molecular formula is C22H21F3N4O3. The first-order valence-corrected chi connectivity index (χ1v) is 10.2. The lowest BCUT2D eigenvalue weighted by molar-refractivity contribution is -0.140. The molecule has 0 atom stereocenters. The van der Waals surface area contributed by atoms with E-state index in [2.05, 4.69) is 19.9 Å². The third kappa shape index (κ3) is 5.06. The van der Waals surface area contributed by atoms with Crippen molar-refractivity contribution in [1.29, 1.82) is 0 Å². The maximum absolute atomic E-state index is 12.7. The van der Waals surface area contributed by atoms with Crippen LogP contribution in [0.2, 0.25) is 0 Å². The van der Waals surface area contributed by atoms with Crippen LogP contribution in [0, 0.1) is 5.92 Å². The maximum Gasteiger partial charge on any atom is 0.432 e. The van der Waals surface area contributed by atoms with Gasteiger partial charge >= 0.3 is 12.1 Å². The molecule has 10 heteroatoms. The number of aromatic amines is 1. The number of ether oxygens (including phenoxy) is 1. The summed E-state index contributed by atoms with van der Waals surface area (Å²) in [5.41, 5.74) is 0.661. The van der Waals surface area contributed by atoms with Crippen LogP contribution in [0.5, 0.6) is 5.88 Å². The fourth-order valence-electron chi connectivity index (χ4n) is 3.85. The van der Waals surface area contributed by atoms with Crippen LogP contribution in [-0.2, 0) is 6.18 Å². The van der Waals surface area contributed by atoms with E-state index < -0.39 is 17.8 Å². The van der Waals surface area contributed by atoms with Gasteiger partial charge in [-0.15, -0.1) is 0 Å². The number of H-pyrrole nitrogens is 1. The largest absolute Gasteiger partial charge is 0.478 e. The summed E-state index contributed by atoms with van der Waals surface area (Å²) in [5.74, 6) is 0.0265. The molecule has 0 radical (unpaired) electrons. The Hall–Kier alpha value is -3.43. The summed E-state index contributed by atoms with van der Waals surface area (Å²) in [7, 11) is 0. The van der Waals surface area contributed by atoms with Crippen LogP contribution in [0.15, 0.2) is 42.9 Å². The number of rotatable bonds is 6. The predicted molar refractivity (Wildman–Crippen MR) is 108 cm³/mol. The summed E-state index contributed by atoms with van der Waals surface area (Å²) in [5, 5.41) is 9.04. The summed E-state index contributed by atoms with van der Waals surface area (Å²) in [4.78, 5) is 25.6. The van der Waals surface area contributed by atoms with Crippen LogP contribution in [0.3, 0.4) is 0 Å². The van der Waals surface area contributed by atoms with Gasteiger partial charge in [0.1, 0.15) is 11.5 Å². The molecule has 0 saturated heterocycles. The first kappa shape index (κ1) is 21.8. The second-order valence-corrected chi connectivity index (χ2v) is 7.83. The molecule has 1 fully saturated rings. The van der Waals surface area contributed by atoms with Gasteiger partial charge in [-0.2, -0.15) is 13.2 Å². The Morgan fingerprint density at radius 1 is 1.09 bits per heavy atom. The van der Waals surface area contributed by atoms with Crippen LogP contribution in [-0.4, -0.2) is 37.6 Å². The average Bonchev–Trinajstić information content (AvgIpc) is 3.29. The zero-order chi connectivity index (χ0) is 22.7. The molecule has 0 spiro atoms. The van der Waals surface area contributed by atoms with Gasteiger partial charge in [-0.1, -0.05) is 0 Å². The van der Waals surface area contributed by atoms with E-state index >= 15 is 0 Å². The molecule has 0 amide bonds. The van der Waals surface area contributed by atoms with E-state index in [9.17, 15) is 18.0 Å². The lowest BCUT2D eigenvalue weighted by Crippen LogP contribution is -2.20. The van der Waals surface area contributed by atoms with E-state index in [0.29, 0.717) is 24.0 Å². The van der Waals surface area contributed by atoms with Gasteiger partial charge in [0.15, 0.2) is 0 Å². The Labute approximate surface area is 181 Å². The van der Waals surface area contributed by atoms with Crippen molar-refractivity contribution in [2.75, 3.05) is 6.61 Å². The number of carboxylic acids is 1. The molecule has 168 valence electrons. The smallest absolute Gasteiger partial charge is 0.432 e. The van der Waals surface area contributed by atoms with E-state index in [-0.39, 0.29) is 17.3 Å².